The Morgan fingerprint density at radius 3 is 2.11 bits per heavy atom. The van der Waals surface area contributed by atoms with E-state index in [0.29, 0.717) is 38.1 Å². The first-order valence-corrected chi connectivity index (χ1v) is 15.5. The van der Waals surface area contributed by atoms with Crippen molar-refractivity contribution in [3.05, 3.63) is 136 Å². The highest BCUT2D eigenvalue weighted by Crippen LogP contribution is 2.39. The van der Waals surface area contributed by atoms with Crippen molar-refractivity contribution in [2.24, 2.45) is 0 Å². The second-order valence-corrected chi connectivity index (χ2v) is 12.0. The fourth-order valence-corrected chi connectivity index (χ4v) is 6.61. The molecule has 0 bridgehead atoms. The zero-order valence-corrected chi connectivity index (χ0v) is 26.0. The number of hydrogen-bond acceptors (Lipinski definition) is 7. The number of benzene rings is 4. The molecule has 0 spiro atoms. The van der Waals surface area contributed by atoms with Crippen LogP contribution in [0, 0.1) is 18.3 Å². The van der Waals surface area contributed by atoms with Gasteiger partial charge in [-0.3, -0.25) is 14.4 Å². The van der Waals surface area contributed by atoms with Crippen LogP contribution in [0.2, 0.25) is 0 Å². The van der Waals surface area contributed by atoms with Gasteiger partial charge in [0, 0.05) is 21.8 Å². The van der Waals surface area contributed by atoms with Crippen molar-refractivity contribution in [1.82, 2.24) is 0 Å². The maximum Gasteiger partial charge on any atom is 0.266 e. The summed E-state index contributed by atoms with van der Waals surface area (Å²) in [5, 5.41) is 18.2. The zero-order chi connectivity index (χ0) is 31.8. The largest absolute Gasteiger partial charge is 0.497 e. The van der Waals surface area contributed by atoms with Crippen LogP contribution in [0.25, 0.3) is 0 Å². The molecular weight excluding hydrogens is 605 g/mol. The second kappa shape index (κ2) is 14.4. The van der Waals surface area contributed by atoms with Gasteiger partial charge in [-0.15, -0.1) is 23.1 Å². The Balaban J connectivity index is 1.36. The lowest BCUT2D eigenvalue weighted by atomic mass is 10.1. The van der Waals surface area contributed by atoms with Crippen LogP contribution in [-0.4, -0.2) is 24.8 Å². The summed E-state index contributed by atoms with van der Waals surface area (Å²) in [5.74, 6) is -0.336. The van der Waals surface area contributed by atoms with Gasteiger partial charge in [0.15, 0.2) is 0 Å². The number of hydrogen-bond donors (Lipinski definition) is 3. The maximum absolute atomic E-state index is 13.9. The SMILES string of the molecule is COc1ccc(C(=O)Nc2cccc(SC(C(=O)Nc3sc(C(=O)Nc4ccccc4)c(C)c3C#N)c3ccccc3)c2)cc1. The first-order chi connectivity index (χ1) is 21.9. The number of thiophene rings is 1. The van der Waals surface area contributed by atoms with Gasteiger partial charge in [-0.1, -0.05) is 54.6 Å². The van der Waals surface area contributed by atoms with Crippen molar-refractivity contribution in [3.63, 3.8) is 0 Å². The molecule has 4 aromatic carbocycles. The van der Waals surface area contributed by atoms with Crippen molar-refractivity contribution >= 4 is 57.2 Å². The molecule has 5 aromatic rings. The summed E-state index contributed by atoms with van der Waals surface area (Å²) < 4.78 is 5.17. The van der Waals surface area contributed by atoms with Crippen molar-refractivity contribution in [2.75, 3.05) is 23.1 Å². The average Bonchev–Trinajstić information content (AvgIpc) is 3.38. The minimum absolute atomic E-state index is 0.242. The molecule has 1 atom stereocenters. The number of nitrogens with one attached hydrogen (secondary N) is 3. The number of thioether (sulfide) groups is 1. The summed E-state index contributed by atoms with van der Waals surface area (Å²) >= 11 is 2.37. The summed E-state index contributed by atoms with van der Waals surface area (Å²) in [7, 11) is 1.56. The number of nitriles is 1. The molecule has 0 saturated carbocycles. The van der Waals surface area contributed by atoms with Crippen LogP contribution < -0.4 is 20.7 Å². The van der Waals surface area contributed by atoms with Gasteiger partial charge < -0.3 is 20.7 Å². The Morgan fingerprint density at radius 2 is 1.44 bits per heavy atom. The van der Waals surface area contributed by atoms with Gasteiger partial charge in [-0.25, -0.2) is 0 Å². The maximum atomic E-state index is 13.9. The van der Waals surface area contributed by atoms with E-state index in [-0.39, 0.29) is 23.3 Å². The lowest BCUT2D eigenvalue weighted by Gasteiger charge is -2.17. The molecule has 10 heteroatoms. The fourth-order valence-electron chi connectivity index (χ4n) is 4.47. The highest BCUT2D eigenvalue weighted by atomic mass is 32.2. The molecule has 0 aliphatic carbocycles. The van der Waals surface area contributed by atoms with Crippen LogP contribution in [0.3, 0.4) is 0 Å². The first-order valence-electron chi connectivity index (χ1n) is 13.8. The average molecular weight is 633 g/mol. The van der Waals surface area contributed by atoms with E-state index in [4.69, 9.17) is 4.74 Å². The summed E-state index contributed by atoms with van der Waals surface area (Å²) in [6.07, 6.45) is 0. The van der Waals surface area contributed by atoms with Crippen LogP contribution in [0.15, 0.2) is 114 Å². The van der Waals surface area contributed by atoms with Gasteiger partial charge in [-0.05, 0) is 72.6 Å². The van der Waals surface area contributed by atoms with Crippen LogP contribution in [0.1, 0.15) is 42.0 Å². The number of amides is 3. The summed E-state index contributed by atoms with van der Waals surface area (Å²) in [6, 6.07) is 34.5. The predicted octanol–water partition coefficient (Wildman–Crippen LogP) is 7.91. The first kappa shape index (κ1) is 31.1. The summed E-state index contributed by atoms with van der Waals surface area (Å²) in [4.78, 5) is 40.8. The highest BCUT2D eigenvalue weighted by Gasteiger charge is 2.27. The van der Waals surface area contributed by atoms with E-state index in [2.05, 4.69) is 22.0 Å². The minimum Gasteiger partial charge on any atom is -0.497 e. The van der Waals surface area contributed by atoms with Crippen LogP contribution in [0.5, 0.6) is 5.75 Å². The van der Waals surface area contributed by atoms with E-state index in [1.807, 2.05) is 54.6 Å². The number of ether oxygens (including phenoxy) is 1. The van der Waals surface area contributed by atoms with E-state index in [1.54, 1.807) is 68.6 Å². The predicted molar refractivity (Wildman–Crippen MR) is 179 cm³/mol. The standard InChI is InChI=1S/C35H28N4O4S2/c1-22-29(21-36)35(45-30(22)33(41)37-25-12-7-4-8-13-25)39-34(42)31(23-10-5-3-6-11-23)44-28-15-9-14-26(20-28)38-32(40)24-16-18-27(43-2)19-17-24/h3-20,31H,1-2H3,(H,37,41)(H,38,40)(H,39,42). The number of carbonyl (C=O) groups is 3. The van der Waals surface area contributed by atoms with Gasteiger partial charge >= 0.3 is 0 Å². The summed E-state index contributed by atoms with van der Waals surface area (Å²) in [6.45, 7) is 1.69. The number of nitrogens with zero attached hydrogens (tertiary/aromatic N) is 1. The molecule has 1 aromatic heterocycles. The third kappa shape index (κ3) is 7.59. The van der Waals surface area contributed by atoms with E-state index >= 15 is 0 Å². The molecule has 1 unspecified atom stereocenters. The van der Waals surface area contributed by atoms with Crippen molar-refractivity contribution < 1.29 is 19.1 Å². The molecule has 5 rings (SSSR count). The van der Waals surface area contributed by atoms with Gasteiger partial charge in [-0.2, -0.15) is 5.26 Å². The molecule has 3 N–H and O–H groups in total. The summed E-state index contributed by atoms with van der Waals surface area (Å²) in [5.41, 5.74) is 3.17. The normalized spacial score (nSPS) is 11.1. The number of para-hydroxylation sites is 1. The third-order valence-electron chi connectivity index (χ3n) is 6.77. The molecule has 1 heterocycles. The third-order valence-corrected chi connectivity index (χ3v) is 9.23. The van der Waals surface area contributed by atoms with Crippen LogP contribution in [0.4, 0.5) is 16.4 Å². The van der Waals surface area contributed by atoms with Crippen molar-refractivity contribution in [1.29, 1.82) is 5.26 Å². The van der Waals surface area contributed by atoms with E-state index < -0.39 is 5.25 Å². The number of rotatable bonds is 10. The molecule has 0 saturated heterocycles. The molecule has 0 aliphatic rings. The Bertz CT molecular complexity index is 1870. The Kier molecular flexibility index (Phi) is 9.94. The van der Waals surface area contributed by atoms with E-state index in [1.165, 1.54) is 11.8 Å². The minimum atomic E-state index is -0.700. The lowest BCUT2D eigenvalue weighted by molar-refractivity contribution is -0.115. The van der Waals surface area contributed by atoms with Crippen molar-refractivity contribution in [2.45, 2.75) is 17.1 Å². The number of anilines is 3. The van der Waals surface area contributed by atoms with Gasteiger partial charge in [0.2, 0.25) is 5.91 Å². The molecule has 0 aliphatic heterocycles. The van der Waals surface area contributed by atoms with Gasteiger partial charge in [0.1, 0.15) is 22.1 Å². The fraction of sp³-hybridized carbons (Fsp3) is 0.0857. The Hall–Kier alpha value is -5.37. The number of carbonyl (C=O) groups excluding carboxylic acids is 3. The monoisotopic (exact) mass is 632 g/mol. The highest BCUT2D eigenvalue weighted by molar-refractivity contribution is 8.00. The topological polar surface area (TPSA) is 120 Å². The van der Waals surface area contributed by atoms with Gasteiger partial charge in [0.05, 0.1) is 17.6 Å². The molecule has 0 radical (unpaired) electrons. The Morgan fingerprint density at radius 1 is 0.800 bits per heavy atom. The van der Waals surface area contributed by atoms with E-state index in [0.717, 1.165) is 21.8 Å². The quantitative estimate of drug-likeness (QED) is 0.135. The molecule has 3 amide bonds. The Labute approximate surface area is 269 Å². The second-order valence-electron chi connectivity index (χ2n) is 9.80. The van der Waals surface area contributed by atoms with Crippen LogP contribution in [-0.2, 0) is 4.79 Å². The molecule has 0 fully saturated rings. The lowest BCUT2D eigenvalue weighted by Crippen LogP contribution is -2.19. The smallest absolute Gasteiger partial charge is 0.266 e. The molecule has 8 nitrogen and oxygen atoms in total. The molecular formula is C35H28N4O4S2. The van der Waals surface area contributed by atoms with Gasteiger partial charge in [0.25, 0.3) is 11.8 Å². The molecule has 224 valence electrons. The van der Waals surface area contributed by atoms with Crippen molar-refractivity contribution in [3.8, 4) is 11.8 Å². The molecule has 45 heavy (non-hydrogen) atoms. The van der Waals surface area contributed by atoms with E-state index in [9.17, 15) is 19.6 Å². The number of methoxy groups -OCH3 is 1. The zero-order valence-electron chi connectivity index (χ0n) is 24.4. The van der Waals surface area contributed by atoms with Crippen LogP contribution >= 0.6 is 23.1 Å².